The summed E-state index contributed by atoms with van der Waals surface area (Å²) in [6.45, 7) is 10.2. The largest absolute Gasteiger partial charge is 0.391 e. The van der Waals surface area contributed by atoms with E-state index >= 15 is 4.39 Å². The molecule has 7 heterocycles. The lowest BCUT2D eigenvalue weighted by Crippen LogP contribution is -2.62. The number of anilines is 2. The first-order valence-corrected chi connectivity index (χ1v) is 27.5. The highest BCUT2D eigenvalue weighted by molar-refractivity contribution is 7.13. The third kappa shape index (κ3) is 11.5. The first-order chi connectivity index (χ1) is 36.5. The van der Waals surface area contributed by atoms with Crippen molar-refractivity contribution in [2.75, 3.05) is 38.0 Å². The number of hydrogen-bond donors (Lipinski definition) is 5. The Morgan fingerprint density at radius 3 is 2.36 bits per heavy atom. The van der Waals surface area contributed by atoms with E-state index in [9.17, 15) is 29.1 Å². The summed E-state index contributed by atoms with van der Waals surface area (Å²) < 4.78 is 17.7. The third-order valence-electron chi connectivity index (χ3n) is 15.5. The number of thiazole rings is 1. The minimum absolute atomic E-state index is 0.000232. The lowest BCUT2D eigenvalue weighted by atomic mass is 9.71. The summed E-state index contributed by atoms with van der Waals surface area (Å²) in [7, 11) is 0. The Morgan fingerprint density at radius 2 is 1.68 bits per heavy atom. The van der Waals surface area contributed by atoms with Crippen LogP contribution in [0, 0.1) is 23.6 Å². The molecule has 1 saturated carbocycles. The zero-order valence-electron chi connectivity index (χ0n) is 43.6. The molecule has 10 rings (SSSR count). The topological polar surface area (TPSA) is 223 Å². The second-order valence-electron chi connectivity index (χ2n) is 22.3. The van der Waals surface area contributed by atoms with Crippen LogP contribution in [0.2, 0.25) is 0 Å². The number of amides is 5. The number of likely N-dealkylation sites (tertiary alicyclic amines) is 3. The lowest BCUT2D eigenvalue weighted by molar-refractivity contribution is -0.146. The van der Waals surface area contributed by atoms with Crippen LogP contribution < -0.4 is 16.0 Å². The van der Waals surface area contributed by atoms with Crippen molar-refractivity contribution in [1.82, 2.24) is 54.9 Å². The summed E-state index contributed by atoms with van der Waals surface area (Å²) in [6.07, 6.45) is 13.5. The lowest BCUT2D eigenvalue weighted by Gasteiger charge is -2.54. The van der Waals surface area contributed by atoms with Gasteiger partial charge in [0.05, 0.1) is 51.7 Å². The Balaban J connectivity index is 0.628. The maximum absolute atomic E-state index is 15.7. The molecule has 400 valence electrons. The average Bonchev–Trinajstić information content (AvgIpc) is 3.73. The van der Waals surface area contributed by atoms with E-state index in [2.05, 4.69) is 36.1 Å². The van der Waals surface area contributed by atoms with E-state index in [4.69, 9.17) is 4.98 Å². The molecule has 2 aromatic carbocycles. The summed E-state index contributed by atoms with van der Waals surface area (Å²) in [5.74, 6) is -0.932. The van der Waals surface area contributed by atoms with E-state index in [-0.39, 0.29) is 66.2 Å². The van der Waals surface area contributed by atoms with Crippen molar-refractivity contribution in [3.05, 3.63) is 101 Å². The molecule has 6 aromatic rings. The molecule has 3 saturated heterocycles. The monoisotopic (exact) mass is 1050 g/mol. The van der Waals surface area contributed by atoms with Crippen molar-refractivity contribution < 1.29 is 33.5 Å². The smallest absolute Gasteiger partial charge is 0.253 e. The van der Waals surface area contributed by atoms with Crippen LogP contribution in [0.25, 0.3) is 27.3 Å². The van der Waals surface area contributed by atoms with Crippen molar-refractivity contribution in [2.45, 2.75) is 129 Å². The molecule has 4 aromatic heterocycles. The molecular formula is C56H67FN12O6S. The third-order valence-corrected chi connectivity index (χ3v) is 16.5. The van der Waals surface area contributed by atoms with E-state index < -0.39 is 35.3 Å². The van der Waals surface area contributed by atoms with Crippen molar-refractivity contribution in [2.24, 2.45) is 10.8 Å². The maximum atomic E-state index is 15.7. The number of fused-ring (bicyclic) bond motifs is 1. The zero-order chi connectivity index (χ0) is 53.3. The van der Waals surface area contributed by atoms with Crippen LogP contribution in [0.1, 0.15) is 125 Å². The minimum atomic E-state index is -0.906. The van der Waals surface area contributed by atoms with E-state index in [1.807, 2.05) is 73.0 Å². The molecule has 0 bridgehead atoms. The molecule has 5 N–H and O–H groups in total. The summed E-state index contributed by atoms with van der Waals surface area (Å²) >= 11 is 1.57. The molecule has 20 heteroatoms. The number of aliphatic hydroxyl groups excluding tert-OH is 1. The second kappa shape index (κ2) is 21.9. The van der Waals surface area contributed by atoms with Gasteiger partial charge in [-0.25, -0.2) is 19.3 Å². The number of H-pyrrole nitrogens is 1. The minimum Gasteiger partial charge on any atom is -0.391 e. The van der Waals surface area contributed by atoms with Gasteiger partial charge >= 0.3 is 0 Å². The highest BCUT2D eigenvalue weighted by Gasteiger charge is 2.47. The van der Waals surface area contributed by atoms with Crippen molar-refractivity contribution in [1.29, 1.82) is 0 Å². The van der Waals surface area contributed by atoms with Crippen LogP contribution in [0.4, 0.5) is 15.9 Å². The van der Waals surface area contributed by atoms with Crippen molar-refractivity contribution in [3.63, 3.8) is 0 Å². The Bertz CT molecular complexity index is 3090. The highest BCUT2D eigenvalue weighted by atomic mass is 32.1. The van der Waals surface area contributed by atoms with Crippen LogP contribution in [0.3, 0.4) is 0 Å². The maximum Gasteiger partial charge on any atom is 0.253 e. The number of nitrogens with one attached hydrogen (secondary N) is 4. The predicted molar refractivity (Wildman–Crippen MR) is 286 cm³/mol. The molecule has 76 heavy (non-hydrogen) atoms. The number of aromatic amines is 1. The number of carbonyl (C=O) groups is 5. The fourth-order valence-electron chi connectivity index (χ4n) is 10.9. The van der Waals surface area contributed by atoms with Gasteiger partial charge < -0.3 is 35.8 Å². The molecule has 4 fully saturated rings. The number of aryl methyl sites for hydroxylation is 1. The summed E-state index contributed by atoms with van der Waals surface area (Å²) in [4.78, 5) is 87.6. The molecule has 3 aliphatic heterocycles. The van der Waals surface area contributed by atoms with E-state index in [0.29, 0.717) is 62.8 Å². The van der Waals surface area contributed by atoms with Gasteiger partial charge in [0, 0.05) is 93.4 Å². The van der Waals surface area contributed by atoms with Gasteiger partial charge in [0.1, 0.15) is 17.9 Å². The first-order valence-electron chi connectivity index (χ1n) is 26.6. The number of unbranched alkanes of at least 4 members (excludes halogenated alkanes) is 3. The van der Waals surface area contributed by atoms with Gasteiger partial charge in [-0.1, -0.05) is 57.9 Å². The van der Waals surface area contributed by atoms with E-state index in [1.165, 1.54) is 11.0 Å². The number of benzene rings is 2. The molecule has 0 unspecified atom stereocenters. The van der Waals surface area contributed by atoms with Crippen LogP contribution in [-0.4, -0.2) is 130 Å². The highest BCUT2D eigenvalue weighted by Crippen LogP contribution is 2.42. The number of β-amino-alcohol motifs (C(OH)–C–C–N with tert-alkyl or cyclic N) is 1. The number of piperidine rings is 1. The fourth-order valence-corrected chi connectivity index (χ4v) is 11.7. The molecule has 3 atom stereocenters. The fraction of sp³-hybridized carbons (Fsp3) is 0.482. The number of aromatic nitrogens is 6. The Kier molecular flexibility index (Phi) is 15.1. The number of imidazole rings is 1. The van der Waals surface area contributed by atoms with Gasteiger partial charge in [-0.15, -0.1) is 11.3 Å². The standard InChI is InChI=1S/C56H67FN12O6S/c1-34-48(76-33-60-34)37-13-11-35(12-14-37)25-59-52(73)44-24-40(70)29-69(44)54(75)49(55(2,3)4)65-46(71)9-7-5-6-8-10-47(72)67-31-56(32-67)19-21-66(22-20-56)53(74)38-17-18-42(41(57)23-38)63-50-51-58-28-45(39-26-61-62-27-39)68(51)30-43(64-50)36-15-16-36/h11-14,17-18,23,26-28,30,33,36,40,44,49,70H,5-10,15-16,19-22,24-25,29,31-32H2,1-4H3,(H,59,73)(H,61,62)(H,63,64)(H,65,71)/t40-,44+,49-/m1/s1. The number of halogens is 1. The second-order valence-corrected chi connectivity index (χ2v) is 23.2. The summed E-state index contributed by atoms with van der Waals surface area (Å²) in [5.41, 5.74) is 7.67. The van der Waals surface area contributed by atoms with Crippen molar-refractivity contribution >= 4 is 58.0 Å². The predicted octanol–water partition coefficient (Wildman–Crippen LogP) is 7.53. The van der Waals surface area contributed by atoms with Crippen molar-refractivity contribution in [3.8, 4) is 21.7 Å². The molecule has 18 nitrogen and oxygen atoms in total. The summed E-state index contributed by atoms with van der Waals surface area (Å²) in [5, 5.41) is 26.6. The number of carbonyl (C=O) groups excluding carboxylic acids is 5. The number of rotatable bonds is 18. The normalized spacial score (nSPS) is 18.7. The van der Waals surface area contributed by atoms with E-state index in [0.717, 1.165) is 77.2 Å². The Hall–Kier alpha value is -7.06. The summed E-state index contributed by atoms with van der Waals surface area (Å²) in [6, 6.07) is 10.6. The molecule has 1 spiro atoms. The number of aliphatic hydroxyl groups is 1. The number of hydrogen-bond acceptors (Lipinski definition) is 12. The van der Waals surface area contributed by atoms with E-state index in [1.54, 1.807) is 47.0 Å². The quantitative estimate of drug-likeness (QED) is 0.0530. The van der Waals surface area contributed by atoms with Gasteiger partial charge in [-0.05, 0) is 80.2 Å². The zero-order valence-corrected chi connectivity index (χ0v) is 44.4. The van der Waals surface area contributed by atoms with Crippen LogP contribution in [0.15, 0.2) is 72.8 Å². The van der Waals surface area contributed by atoms with Crippen LogP contribution >= 0.6 is 11.3 Å². The average molecular weight is 1060 g/mol. The SMILES string of the molecule is Cc1ncsc1-c1ccc(CNC(=O)[C@@H]2C[C@@H](O)CN2C(=O)[C@@H](NC(=O)CCCCCCC(=O)N2CC3(CCN(C(=O)c4ccc(Nc5nc(C6CC6)cn6c(-c7cn[nH]c7)cnc56)c(F)c4)CC3)C2)C(C)(C)C)cc1. The van der Waals surface area contributed by atoms with Gasteiger partial charge in [-0.2, -0.15) is 5.10 Å². The van der Waals surface area contributed by atoms with Crippen LogP contribution in [0.5, 0.6) is 0 Å². The molecule has 0 radical (unpaired) electrons. The molecule has 1 aliphatic carbocycles. The Labute approximate surface area is 445 Å². The molecule has 4 aliphatic rings. The molecular weight excluding hydrogens is 988 g/mol. The first kappa shape index (κ1) is 52.4. The van der Waals surface area contributed by atoms with Crippen LogP contribution in [-0.2, 0) is 25.7 Å². The van der Waals surface area contributed by atoms with Gasteiger partial charge in [-0.3, -0.25) is 33.5 Å². The van der Waals surface area contributed by atoms with Gasteiger partial charge in [0.25, 0.3) is 5.91 Å². The van der Waals surface area contributed by atoms with Gasteiger partial charge in [0.2, 0.25) is 23.6 Å². The van der Waals surface area contributed by atoms with Gasteiger partial charge in [0.15, 0.2) is 11.5 Å². The number of nitrogens with zero attached hydrogens (tertiary/aromatic N) is 8. The Morgan fingerprint density at radius 1 is 0.934 bits per heavy atom. The molecule has 5 amide bonds.